The summed E-state index contributed by atoms with van der Waals surface area (Å²) in [6, 6.07) is 11.7. The van der Waals surface area contributed by atoms with Crippen LogP contribution in [-0.4, -0.2) is 14.2 Å². The van der Waals surface area contributed by atoms with E-state index >= 15 is 0 Å². The molecule has 1 aromatic heterocycles. The maximum absolute atomic E-state index is 12.7. The van der Waals surface area contributed by atoms with E-state index in [9.17, 15) is 4.57 Å². The van der Waals surface area contributed by atoms with E-state index in [1.165, 1.54) is 31.1 Å². The normalized spacial score (nSPS) is 13.2. The van der Waals surface area contributed by atoms with Crippen molar-refractivity contribution in [2.24, 2.45) is 0 Å². The van der Waals surface area contributed by atoms with Crippen LogP contribution in [0.5, 0.6) is 0 Å². The van der Waals surface area contributed by atoms with E-state index in [0.29, 0.717) is 0 Å². The minimum atomic E-state index is -3.26. The smallest absolute Gasteiger partial charge is 0.357 e. The molecule has 0 aliphatic rings. The van der Waals surface area contributed by atoms with Crippen molar-refractivity contribution in [3.05, 3.63) is 52.2 Å². The molecular weight excluding hydrogens is 293 g/mol. The van der Waals surface area contributed by atoms with Crippen LogP contribution in [0.15, 0.2) is 41.8 Å². The Hall–Kier alpha value is -1.13. The van der Waals surface area contributed by atoms with Gasteiger partial charge in [-0.15, -0.1) is 11.3 Å². The van der Waals surface area contributed by atoms with Crippen LogP contribution >= 0.6 is 18.9 Å². The maximum atomic E-state index is 12.7. The molecule has 1 unspecified atom stereocenters. The number of nitrogens with one attached hydrogen (secondary N) is 1. The fourth-order valence-corrected chi connectivity index (χ4v) is 4.35. The van der Waals surface area contributed by atoms with Crippen molar-refractivity contribution in [3.63, 3.8) is 0 Å². The molecule has 0 amide bonds. The molecule has 1 heterocycles. The van der Waals surface area contributed by atoms with Gasteiger partial charge in [0.1, 0.15) is 0 Å². The van der Waals surface area contributed by atoms with Crippen LogP contribution in [0.4, 0.5) is 5.69 Å². The highest BCUT2D eigenvalue weighted by Gasteiger charge is 2.36. The first-order valence-corrected chi connectivity index (χ1v) is 8.66. The summed E-state index contributed by atoms with van der Waals surface area (Å²) in [7, 11) is -0.449. The first-order valence-electron chi connectivity index (χ1n) is 6.17. The highest BCUT2D eigenvalue weighted by Crippen LogP contribution is 2.60. The van der Waals surface area contributed by atoms with Crippen LogP contribution in [0.3, 0.4) is 0 Å². The van der Waals surface area contributed by atoms with E-state index in [1.807, 2.05) is 48.7 Å². The van der Waals surface area contributed by atoms with Gasteiger partial charge in [-0.1, -0.05) is 23.8 Å². The van der Waals surface area contributed by atoms with Crippen molar-refractivity contribution < 1.29 is 13.6 Å². The Kier molecular flexibility index (Phi) is 5.00. The molecule has 4 nitrogen and oxygen atoms in total. The number of rotatable bonds is 6. The van der Waals surface area contributed by atoms with E-state index in [2.05, 4.69) is 5.32 Å². The molecule has 20 heavy (non-hydrogen) atoms. The highest BCUT2D eigenvalue weighted by atomic mass is 32.1. The second kappa shape index (κ2) is 6.55. The Labute approximate surface area is 123 Å². The predicted molar refractivity (Wildman–Crippen MR) is 83.5 cm³/mol. The standard InChI is InChI=1S/C14H18NO3PS/c1-11-6-8-12(9-7-11)15-14(13-5-4-10-20-13)19(16,17-2)18-3/h4-10,14-15H,1-3H3. The molecule has 0 bridgehead atoms. The molecule has 0 aliphatic carbocycles. The number of benzene rings is 1. The zero-order valence-corrected chi connectivity index (χ0v) is 13.4. The number of hydrogen-bond donors (Lipinski definition) is 1. The second-order valence-corrected chi connectivity index (χ2v) is 7.64. The second-order valence-electron chi connectivity index (χ2n) is 4.33. The SMILES string of the molecule is COP(=O)(OC)C(Nc1ccc(C)cc1)c1cccs1. The van der Waals surface area contributed by atoms with Crippen LogP contribution in [-0.2, 0) is 13.6 Å². The molecule has 0 saturated heterocycles. The molecule has 2 rings (SSSR count). The van der Waals surface area contributed by atoms with Gasteiger partial charge in [0.05, 0.1) is 0 Å². The van der Waals surface area contributed by atoms with Gasteiger partial charge in [-0.05, 0) is 30.5 Å². The van der Waals surface area contributed by atoms with Crippen LogP contribution in [0.25, 0.3) is 0 Å². The molecule has 1 N–H and O–H groups in total. The van der Waals surface area contributed by atoms with Crippen LogP contribution in [0, 0.1) is 6.92 Å². The zero-order chi connectivity index (χ0) is 14.6. The Bertz CT molecular complexity index is 575. The van der Waals surface area contributed by atoms with Crippen LogP contribution < -0.4 is 5.32 Å². The lowest BCUT2D eigenvalue weighted by Gasteiger charge is -2.25. The Balaban J connectivity index is 2.33. The minimum Gasteiger partial charge on any atom is -0.367 e. The lowest BCUT2D eigenvalue weighted by atomic mass is 10.2. The summed E-state index contributed by atoms with van der Waals surface area (Å²) in [5.41, 5.74) is 2.05. The number of hydrogen-bond acceptors (Lipinski definition) is 5. The molecule has 1 aromatic carbocycles. The number of anilines is 1. The van der Waals surface area contributed by atoms with Crippen LogP contribution in [0.1, 0.15) is 16.2 Å². The lowest BCUT2D eigenvalue weighted by Crippen LogP contribution is -2.12. The summed E-state index contributed by atoms with van der Waals surface area (Å²) in [6.45, 7) is 2.02. The van der Waals surface area contributed by atoms with Gasteiger partial charge in [0.2, 0.25) is 0 Å². The third kappa shape index (κ3) is 3.30. The number of thiophene rings is 1. The summed E-state index contributed by atoms with van der Waals surface area (Å²) in [6.07, 6.45) is 0. The van der Waals surface area contributed by atoms with Crippen LogP contribution in [0.2, 0.25) is 0 Å². The molecule has 0 fully saturated rings. The molecule has 0 radical (unpaired) electrons. The predicted octanol–water partition coefficient (Wildman–Crippen LogP) is 4.65. The molecular formula is C14H18NO3PS. The monoisotopic (exact) mass is 311 g/mol. The van der Waals surface area contributed by atoms with Gasteiger partial charge in [-0.3, -0.25) is 4.57 Å². The Morgan fingerprint density at radius 3 is 2.30 bits per heavy atom. The van der Waals surface area contributed by atoms with Crippen molar-refractivity contribution in [1.29, 1.82) is 0 Å². The highest BCUT2D eigenvalue weighted by molar-refractivity contribution is 7.54. The number of aryl methyl sites for hydroxylation is 1. The van der Waals surface area contributed by atoms with Gasteiger partial charge in [0.25, 0.3) is 0 Å². The largest absolute Gasteiger partial charge is 0.367 e. The van der Waals surface area contributed by atoms with E-state index < -0.39 is 13.4 Å². The van der Waals surface area contributed by atoms with E-state index in [1.54, 1.807) is 0 Å². The Morgan fingerprint density at radius 2 is 1.80 bits per heavy atom. The van der Waals surface area contributed by atoms with Gasteiger partial charge in [0.15, 0.2) is 5.78 Å². The molecule has 2 aromatic rings. The fraction of sp³-hybridized carbons (Fsp3) is 0.286. The first-order chi connectivity index (χ1) is 9.59. The van der Waals surface area contributed by atoms with Crippen molar-refractivity contribution in [1.82, 2.24) is 0 Å². The van der Waals surface area contributed by atoms with Crippen molar-refractivity contribution in [3.8, 4) is 0 Å². The summed E-state index contributed by atoms with van der Waals surface area (Å²) in [5.74, 6) is -0.514. The van der Waals surface area contributed by atoms with Crippen molar-refractivity contribution in [2.75, 3.05) is 19.5 Å². The molecule has 108 valence electrons. The average Bonchev–Trinajstić information content (AvgIpc) is 2.99. The van der Waals surface area contributed by atoms with Gasteiger partial charge in [-0.2, -0.15) is 0 Å². The van der Waals surface area contributed by atoms with E-state index in [4.69, 9.17) is 9.05 Å². The van der Waals surface area contributed by atoms with Gasteiger partial charge >= 0.3 is 7.60 Å². The molecule has 0 saturated carbocycles. The van der Waals surface area contributed by atoms with Gasteiger partial charge in [0, 0.05) is 24.8 Å². The minimum absolute atomic E-state index is 0.514. The van der Waals surface area contributed by atoms with Crippen molar-refractivity contribution >= 4 is 24.6 Å². The molecule has 0 aliphatic heterocycles. The maximum Gasteiger partial charge on any atom is 0.357 e. The van der Waals surface area contributed by atoms with E-state index in [-0.39, 0.29) is 0 Å². The van der Waals surface area contributed by atoms with Gasteiger partial charge in [-0.25, -0.2) is 0 Å². The lowest BCUT2D eigenvalue weighted by molar-refractivity contribution is 0.269. The summed E-state index contributed by atoms with van der Waals surface area (Å²) < 4.78 is 23.0. The summed E-state index contributed by atoms with van der Waals surface area (Å²) >= 11 is 1.52. The fourth-order valence-electron chi connectivity index (χ4n) is 1.85. The summed E-state index contributed by atoms with van der Waals surface area (Å²) in [5, 5.41) is 5.19. The molecule has 0 spiro atoms. The van der Waals surface area contributed by atoms with Gasteiger partial charge < -0.3 is 14.4 Å². The quantitative estimate of drug-likeness (QED) is 0.789. The Morgan fingerprint density at radius 1 is 1.15 bits per heavy atom. The third-order valence-electron chi connectivity index (χ3n) is 2.99. The topological polar surface area (TPSA) is 47.6 Å². The zero-order valence-electron chi connectivity index (χ0n) is 11.7. The van der Waals surface area contributed by atoms with E-state index in [0.717, 1.165) is 10.6 Å². The first kappa shape index (κ1) is 15.3. The summed E-state index contributed by atoms with van der Waals surface area (Å²) in [4.78, 5) is 0.914. The average molecular weight is 311 g/mol. The molecule has 6 heteroatoms. The van der Waals surface area contributed by atoms with Crippen molar-refractivity contribution in [2.45, 2.75) is 12.7 Å². The third-order valence-corrected chi connectivity index (χ3v) is 6.16. The molecule has 1 atom stereocenters.